The van der Waals surface area contributed by atoms with Crippen LogP contribution in [0.2, 0.25) is 5.02 Å². The molecule has 4 aliphatic rings. The third-order valence-electron chi connectivity index (χ3n) is 9.49. The topological polar surface area (TPSA) is 65.4 Å². The Morgan fingerprint density at radius 1 is 1.00 bits per heavy atom. The van der Waals surface area contributed by atoms with E-state index >= 15 is 0 Å². The Kier molecular flexibility index (Phi) is 7.32. The Morgan fingerprint density at radius 3 is 2.33 bits per heavy atom. The highest BCUT2D eigenvalue weighted by atomic mass is 35.5. The van der Waals surface area contributed by atoms with Gasteiger partial charge in [-0.1, -0.05) is 23.7 Å². The molecule has 2 aromatic carbocycles. The van der Waals surface area contributed by atoms with Crippen LogP contribution < -0.4 is 14.8 Å². The molecule has 0 atom stereocenters. The van der Waals surface area contributed by atoms with Crippen LogP contribution in [0.3, 0.4) is 0 Å². The van der Waals surface area contributed by atoms with Gasteiger partial charge in [0.1, 0.15) is 17.2 Å². The number of carbonyl (C=O) groups excluding carboxylic acids is 1. The third-order valence-corrected chi connectivity index (χ3v) is 9.74. The summed E-state index contributed by atoms with van der Waals surface area (Å²) < 4.78 is 12.9. The molecule has 4 saturated carbocycles. The number of benzene rings is 2. The van der Waals surface area contributed by atoms with Gasteiger partial charge in [-0.2, -0.15) is 5.10 Å². The number of rotatable bonds is 9. The van der Waals surface area contributed by atoms with Crippen LogP contribution in [0.1, 0.15) is 61.0 Å². The van der Waals surface area contributed by atoms with Gasteiger partial charge in [0.15, 0.2) is 5.69 Å². The van der Waals surface area contributed by atoms with E-state index in [0.717, 1.165) is 58.5 Å². The largest absolute Gasteiger partial charge is 0.497 e. The number of ether oxygens (including phenoxy) is 2. The molecule has 1 aromatic heterocycles. The third kappa shape index (κ3) is 5.04. The van der Waals surface area contributed by atoms with E-state index in [-0.39, 0.29) is 5.91 Å². The second-order valence-corrected chi connectivity index (χ2v) is 12.2. The fourth-order valence-electron chi connectivity index (χ4n) is 7.93. The number of amides is 1. The number of carbonyl (C=O) groups is 1. The van der Waals surface area contributed by atoms with E-state index in [4.69, 9.17) is 26.2 Å². The molecule has 0 radical (unpaired) electrons. The maximum Gasteiger partial charge on any atom is 0.272 e. The van der Waals surface area contributed by atoms with Gasteiger partial charge in [0.25, 0.3) is 5.91 Å². The van der Waals surface area contributed by atoms with Gasteiger partial charge in [0, 0.05) is 28.8 Å². The smallest absolute Gasteiger partial charge is 0.272 e. The Hall–Kier alpha value is -2.99. The molecule has 206 valence electrons. The van der Waals surface area contributed by atoms with Crippen molar-refractivity contribution in [2.75, 3.05) is 20.8 Å². The van der Waals surface area contributed by atoms with Crippen molar-refractivity contribution in [3.63, 3.8) is 0 Å². The monoisotopic (exact) mass is 547 g/mol. The summed E-state index contributed by atoms with van der Waals surface area (Å²) in [4.78, 5) is 13.4. The van der Waals surface area contributed by atoms with Gasteiger partial charge in [-0.25, -0.2) is 4.68 Å². The minimum Gasteiger partial charge on any atom is -0.497 e. The van der Waals surface area contributed by atoms with Gasteiger partial charge in [0.2, 0.25) is 0 Å². The fourth-order valence-corrected chi connectivity index (χ4v) is 8.05. The molecule has 1 heterocycles. The number of aromatic nitrogens is 2. The number of hydrogen-bond acceptors (Lipinski definition) is 4. The quantitative estimate of drug-likeness (QED) is 0.290. The van der Waals surface area contributed by atoms with Crippen molar-refractivity contribution in [3.05, 3.63) is 58.7 Å². The molecule has 4 bridgehead atoms. The molecular formula is C32H38ClN3O3. The lowest BCUT2D eigenvalue weighted by atomic mass is 9.51. The molecular weight excluding hydrogens is 510 g/mol. The average molecular weight is 548 g/mol. The van der Waals surface area contributed by atoms with Crippen molar-refractivity contribution < 1.29 is 14.3 Å². The second kappa shape index (κ2) is 10.9. The van der Waals surface area contributed by atoms with Crippen LogP contribution in [-0.2, 0) is 0 Å². The summed E-state index contributed by atoms with van der Waals surface area (Å²) in [5, 5.41) is 8.65. The van der Waals surface area contributed by atoms with E-state index in [1.807, 2.05) is 49.4 Å². The molecule has 4 fully saturated rings. The molecule has 0 unspecified atom stereocenters. The van der Waals surface area contributed by atoms with Gasteiger partial charge in [0.05, 0.1) is 19.9 Å². The molecule has 7 rings (SSSR count). The van der Waals surface area contributed by atoms with Crippen molar-refractivity contribution in [2.24, 2.45) is 29.6 Å². The molecule has 0 saturated heterocycles. The zero-order valence-electron chi connectivity index (χ0n) is 23.1. The van der Waals surface area contributed by atoms with E-state index in [1.54, 1.807) is 18.9 Å². The van der Waals surface area contributed by atoms with Crippen LogP contribution in [0, 0.1) is 36.5 Å². The number of nitrogens with one attached hydrogen (secondary N) is 1. The molecule has 1 N–H and O–H groups in total. The molecule has 4 aliphatic carbocycles. The first-order chi connectivity index (χ1) is 18.9. The number of methoxy groups -OCH3 is 2. The summed E-state index contributed by atoms with van der Waals surface area (Å²) in [7, 11) is 3.24. The van der Waals surface area contributed by atoms with Crippen LogP contribution in [0.15, 0.2) is 42.5 Å². The van der Waals surface area contributed by atoms with Crippen molar-refractivity contribution in [1.29, 1.82) is 0 Å². The summed E-state index contributed by atoms with van der Waals surface area (Å²) >= 11 is 6.18. The zero-order valence-corrected chi connectivity index (χ0v) is 23.8. The minimum absolute atomic E-state index is 0.140. The van der Waals surface area contributed by atoms with Crippen molar-refractivity contribution in [1.82, 2.24) is 15.1 Å². The molecule has 0 aliphatic heterocycles. The highest BCUT2D eigenvalue weighted by molar-refractivity contribution is 6.30. The van der Waals surface area contributed by atoms with Gasteiger partial charge >= 0.3 is 0 Å². The number of halogens is 1. The van der Waals surface area contributed by atoms with Crippen molar-refractivity contribution >= 4 is 17.5 Å². The van der Waals surface area contributed by atoms with Gasteiger partial charge in [-0.3, -0.25) is 4.79 Å². The van der Waals surface area contributed by atoms with E-state index in [1.165, 1.54) is 38.5 Å². The summed E-state index contributed by atoms with van der Waals surface area (Å²) in [6.45, 7) is 2.63. The lowest BCUT2D eigenvalue weighted by molar-refractivity contribution is -0.0401. The summed E-state index contributed by atoms with van der Waals surface area (Å²) in [6.07, 6.45) is 9.52. The first-order valence-corrected chi connectivity index (χ1v) is 14.7. The van der Waals surface area contributed by atoms with E-state index in [2.05, 4.69) is 5.32 Å². The number of hydrogen-bond donors (Lipinski definition) is 1. The Bertz CT molecular complexity index is 1320. The summed E-state index contributed by atoms with van der Waals surface area (Å²) in [5.41, 5.74) is 3.71. The lowest BCUT2D eigenvalue weighted by Crippen LogP contribution is -2.45. The highest BCUT2D eigenvalue weighted by Crippen LogP contribution is 2.57. The van der Waals surface area contributed by atoms with Crippen molar-refractivity contribution in [3.8, 4) is 28.4 Å². The highest BCUT2D eigenvalue weighted by Gasteiger charge is 2.47. The van der Waals surface area contributed by atoms with Crippen LogP contribution in [-0.4, -0.2) is 36.5 Å². The maximum atomic E-state index is 13.4. The zero-order chi connectivity index (χ0) is 27.1. The van der Waals surface area contributed by atoms with Crippen LogP contribution in [0.25, 0.3) is 16.9 Å². The normalized spacial score (nSPS) is 25.1. The van der Waals surface area contributed by atoms with Crippen LogP contribution in [0.5, 0.6) is 11.5 Å². The first-order valence-electron chi connectivity index (χ1n) is 14.3. The van der Waals surface area contributed by atoms with Gasteiger partial charge in [-0.15, -0.1) is 0 Å². The molecule has 6 nitrogen and oxygen atoms in total. The SMILES string of the molecule is COc1ccc(-n2nc(C(=O)NCCCC3C4CC5CC(C4)CC3C5)c(C)c2-c2ccc(Cl)cc2)c(OC)c1. The standard InChI is InChI=1S/C32H38ClN3O3/c1-19-30(32(37)34-12-4-5-27-23-14-20-13-21(16-23)17-24(27)15-20)35-36(31(19)22-6-8-25(33)9-7-22)28-11-10-26(38-2)18-29(28)39-3/h6-11,18,20-21,23-24,27H,4-5,12-17H2,1-3H3,(H,34,37). The van der Waals surface area contributed by atoms with E-state index < -0.39 is 0 Å². The van der Waals surface area contributed by atoms with Crippen LogP contribution >= 0.6 is 11.6 Å². The Labute approximate surface area is 236 Å². The maximum absolute atomic E-state index is 13.4. The van der Waals surface area contributed by atoms with Crippen LogP contribution in [0.4, 0.5) is 0 Å². The summed E-state index contributed by atoms with van der Waals surface area (Å²) in [5.74, 6) is 5.86. The predicted molar refractivity (Wildman–Crippen MR) is 154 cm³/mol. The molecule has 39 heavy (non-hydrogen) atoms. The van der Waals surface area contributed by atoms with Gasteiger partial charge < -0.3 is 14.8 Å². The minimum atomic E-state index is -0.140. The fraction of sp³-hybridized carbons (Fsp3) is 0.500. The summed E-state index contributed by atoms with van der Waals surface area (Å²) in [6, 6.07) is 13.2. The Balaban J connectivity index is 1.21. The average Bonchev–Trinajstić information content (AvgIpc) is 3.28. The van der Waals surface area contributed by atoms with Gasteiger partial charge in [-0.05, 0) is 106 Å². The molecule has 0 spiro atoms. The van der Waals surface area contributed by atoms with E-state index in [9.17, 15) is 4.79 Å². The van der Waals surface area contributed by atoms with E-state index in [0.29, 0.717) is 28.8 Å². The lowest BCUT2D eigenvalue weighted by Gasteiger charge is -2.54. The number of nitrogens with zero attached hydrogens (tertiary/aromatic N) is 2. The Morgan fingerprint density at radius 2 is 1.69 bits per heavy atom. The second-order valence-electron chi connectivity index (χ2n) is 11.8. The first kappa shape index (κ1) is 26.2. The van der Waals surface area contributed by atoms with Crippen molar-refractivity contribution in [2.45, 2.75) is 51.9 Å². The predicted octanol–water partition coefficient (Wildman–Crippen LogP) is 7.10. The molecule has 7 heteroatoms. The molecule has 1 amide bonds. The molecule has 3 aromatic rings.